The Kier molecular flexibility index (Phi) is 4.47. The van der Waals surface area contributed by atoms with Crippen LogP contribution in [-0.2, 0) is 6.42 Å². The normalized spacial score (nSPS) is 10.9. The summed E-state index contributed by atoms with van der Waals surface area (Å²) in [6, 6.07) is 8.00. The van der Waals surface area contributed by atoms with Gasteiger partial charge in [0.25, 0.3) is 5.91 Å². The molecule has 0 radical (unpaired) electrons. The number of carbonyl (C=O) groups is 1. The Morgan fingerprint density at radius 1 is 1.45 bits per heavy atom. The van der Waals surface area contributed by atoms with Crippen molar-refractivity contribution in [2.45, 2.75) is 20.3 Å². The van der Waals surface area contributed by atoms with E-state index < -0.39 is 0 Å². The Bertz CT molecular complexity index is 631. The van der Waals surface area contributed by atoms with Crippen molar-refractivity contribution in [1.82, 2.24) is 10.4 Å². The number of nitrogen functional groups attached to an aromatic ring is 1. The van der Waals surface area contributed by atoms with E-state index in [2.05, 4.69) is 22.4 Å². The molecular formula is C14H16N4OS. The summed E-state index contributed by atoms with van der Waals surface area (Å²) in [5, 5.41) is 4.32. The zero-order valence-electron chi connectivity index (χ0n) is 11.4. The number of hydrazone groups is 1. The van der Waals surface area contributed by atoms with Crippen LogP contribution in [0.4, 0.5) is 5.13 Å². The van der Waals surface area contributed by atoms with Crippen molar-refractivity contribution in [2.24, 2.45) is 5.10 Å². The molecule has 0 atom stereocenters. The number of nitrogens with one attached hydrogen (secondary N) is 1. The summed E-state index contributed by atoms with van der Waals surface area (Å²) in [6.45, 7) is 3.85. The molecule has 1 aromatic carbocycles. The summed E-state index contributed by atoms with van der Waals surface area (Å²) in [4.78, 5) is 16.3. The maximum Gasteiger partial charge on any atom is 0.283 e. The van der Waals surface area contributed by atoms with Crippen LogP contribution in [0.15, 0.2) is 29.4 Å². The van der Waals surface area contributed by atoms with Crippen molar-refractivity contribution in [2.75, 3.05) is 5.73 Å². The lowest BCUT2D eigenvalue weighted by molar-refractivity contribution is 0.0958. The lowest BCUT2D eigenvalue weighted by atomic mass is 10.1. The molecule has 6 heteroatoms. The molecule has 1 aromatic heterocycles. The SMILES string of the molecule is CCc1ccc(/C=N/NC(=O)c2sc(N)nc2C)cc1. The van der Waals surface area contributed by atoms with Crippen molar-refractivity contribution in [3.8, 4) is 0 Å². The lowest BCUT2D eigenvalue weighted by Gasteiger charge is -1.98. The second-order valence-electron chi connectivity index (χ2n) is 4.26. The third-order valence-electron chi connectivity index (χ3n) is 2.79. The summed E-state index contributed by atoms with van der Waals surface area (Å²) >= 11 is 1.15. The fourth-order valence-corrected chi connectivity index (χ4v) is 2.41. The van der Waals surface area contributed by atoms with Crippen molar-refractivity contribution < 1.29 is 4.79 Å². The number of nitrogens with zero attached hydrogens (tertiary/aromatic N) is 2. The van der Waals surface area contributed by atoms with Gasteiger partial charge in [0, 0.05) is 0 Å². The Labute approximate surface area is 121 Å². The number of nitrogens with two attached hydrogens (primary N) is 1. The van der Waals surface area contributed by atoms with E-state index >= 15 is 0 Å². The first-order valence-corrected chi connectivity index (χ1v) is 7.07. The summed E-state index contributed by atoms with van der Waals surface area (Å²) in [5.41, 5.74) is 10.8. The number of amides is 1. The number of aryl methyl sites for hydroxylation is 2. The smallest absolute Gasteiger partial charge is 0.283 e. The molecule has 0 saturated carbocycles. The van der Waals surface area contributed by atoms with Gasteiger partial charge in [0.2, 0.25) is 0 Å². The van der Waals surface area contributed by atoms with Crippen LogP contribution in [-0.4, -0.2) is 17.1 Å². The van der Waals surface area contributed by atoms with Gasteiger partial charge >= 0.3 is 0 Å². The Hall–Kier alpha value is -2.21. The van der Waals surface area contributed by atoms with E-state index in [1.807, 2.05) is 24.3 Å². The van der Waals surface area contributed by atoms with E-state index in [4.69, 9.17) is 5.73 Å². The molecule has 0 unspecified atom stereocenters. The average Bonchev–Trinajstić information content (AvgIpc) is 2.78. The number of aromatic nitrogens is 1. The quantitative estimate of drug-likeness (QED) is 0.669. The predicted octanol–water partition coefficient (Wildman–Crippen LogP) is 2.36. The van der Waals surface area contributed by atoms with Gasteiger partial charge in [-0.15, -0.1) is 0 Å². The standard InChI is InChI=1S/C14H16N4OS/c1-3-10-4-6-11(7-5-10)8-16-18-13(19)12-9(2)17-14(15)20-12/h4-8H,3H2,1-2H3,(H2,15,17)(H,18,19)/b16-8+. The number of thiazole rings is 1. The van der Waals surface area contributed by atoms with Crippen molar-refractivity contribution >= 4 is 28.6 Å². The van der Waals surface area contributed by atoms with Crippen LogP contribution < -0.4 is 11.2 Å². The molecule has 0 aliphatic heterocycles. The highest BCUT2D eigenvalue weighted by molar-refractivity contribution is 7.17. The van der Waals surface area contributed by atoms with Crippen LogP contribution in [0.3, 0.4) is 0 Å². The minimum absolute atomic E-state index is 0.293. The van der Waals surface area contributed by atoms with Gasteiger partial charge in [-0.25, -0.2) is 10.4 Å². The first-order chi connectivity index (χ1) is 9.60. The third kappa shape index (κ3) is 3.42. The highest BCUT2D eigenvalue weighted by Gasteiger charge is 2.12. The monoisotopic (exact) mass is 288 g/mol. The molecule has 2 aromatic rings. The predicted molar refractivity (Wildman–Crippen MR) is 82.1 cm³/mol. The molecule has 104 valence electrons. The fourth-order valence-electron chi connectivity index (χ4n) is 1.68. The number of hydrogen-bond acceptors (Lipinski definition) is 5. The minimum atomic E-state index is -0.293. The molecular weight excluding hydrogens is 272 g/mol. The number of carbonyl (C=O) groups excluding carboxylic acids is 1. The molecule has 0 saturated heterocycles. The van der Waals surface area contributed by atoms with E-state index in [1.54, 1.807) is 13.1 Å². The van der Waals surface area contributed by atoms with Crippen molar-refractivity contribution in [3.05, 3.63) is 46.0 Å². The number of anilines is 1. The second kappa shape index (κ2) is 6.29. The molecule has 0 aliphatic carbocycles. The minimum Gasteiger partial charge on any atom is -0.375 e. The molecule has 0 bridgehead atoms. The number of hydrogen-bond donors (Lipinski definition) is 2. The van der Waals surface area contributed by atoms with Gasteiger partial charge in [-0.2, -0.15) is 5.10 Å². The van der Waals surface area contributed by atoms with Crippen LogP contribution in [0.5, 0.6) is 0 Å². The third-order valence-corrected chi connectivity index (χ3v) is 3.77. The van der Waals surface area contributed by atoms with E-state index in [1.165, 1.54) is 5.56 Å². The fraction of sp³-hybridized carbons (Fsp3) is 0.214. The second-order valence-corrected chi connectivity index (χ2v) is 5.29. The molecule has 1 amide bonds. The topological polar surface area (TPSA) is 80.4 Å². The molecule has 1 heterocycles. The van der Waals surface area contributed by atoms with Crippen LogP contribution in [0.1, 0.15) is 33.4 Å². The number of benzene rings is 1. The molecule has 3 N–H and O–H groups in total. The van der Waals surface area contributed by atoms with E-state index in [9.17, 15) is 4.79 Å². The van der Waals surface area contributed by atoms with Gasteiger partial charge in [-0.1, -0.05) is 42.5 Å². The number of rotatable bonds is 4. The van der Waals surface area contributed by atoms with Gasteiger partial charge < -0.3 is 5.73 Å². The van der Waals surface area contributed by atoms with Gasteiger partial charge in [-0.05, 0) is 24.5 Å². The Balaban J connectivity index is 1.98. The summed E-state index contributed by atoms with van der Waals surface area (Å²) in [6.07, 6.45) is 2.61. The Morgan fingerprint density at radius 2 is 2.15 bits per heavy atom. The first-order valence-electron chi connectivity index (χ1n) is 6.25. The lowest BCUT2D eigenvalue weighted by Crippen LogP contribution is -2.17. The van der Waals surface area contributed by atoms with Crippen LogP contribution >= 0.6 is 11.3 Å². The van der Waals surface area contributed by atoms with Gasteiger partial charge in [-0.3, -0.25) is 4.79 Å². The summed E-state index contributed by atoms with van der Waals surface area (Å²) in [5.74, 6) is -0.293. The van der Waals surface area contributed by atoms with Crippen molar-refractivity contribution in [3.63, 3.8) is 0 Å². The van der Waals surface area contributed by atoms with Gasteiger partial charge in [0.05, 0.1) is 11.9 Å². The van der Waals surface area contributed by atoms with Crippen LogP contribution in [0, 0.1) is 6.92 Å². The zero-order chi connectivity index (χ0) is 14.5. The zero-order valence-corrected chi connectivity index (χ0v) is 12.2. The van der Waals surface area contributed by atoms with Crippen LogP contribution in [0.2, 0.25) is 0 Å². The molecule has 2 rings (SSSR count). The summed E-state index contributed by atoms with van der Waals surface area (Å²) < 4.78 is 0. The van der Waals surface area contributed by atoms with Gasteiger partial charge in [0.15, 0.2) is 5.13 Å². The van der Waals surface area contributed by atoms with E-state index in [0.29, 0.717) is 15.7 Å². The maximum atomic E-state index is 11.9. The highest BCUT2D eigenvalue weighted by Crippen LogP contribution is 2.19. The molecule has 0 aliphatic rings. The first kappa shape index (κ1) is 14.2. The van der Waals surface area contributed by atoms with Gasteiger partial charge in [0.1, 0.15) is 4.88 Å². The molecule has 0 fully saturated rings. The van der Waals surface area contributed by atoms with E-state index in [-0.39, 0.29) is 5.91 Å². The van der Waals surface area contributed by atoms with Crippen LogP contribution in [0.25, 0.3) is 0 Å². The van der Waals surface area contributed by atoms with Crippen molar-refractivity contribution in [1.29, 1.82) is 0 Å². The maximum absolute atomic E-state index is 11.9. The Morgan fingerprint density at radius 3 is 2.70 bits per heavy atom. The summed E-state index contributed by atoms with van der Waals surface area (Å²) in [7, 11) is 0. The molecule has 0 spiro atoms. The average molecular weight is 288 g/mol. The largest absolute Gasteiger partial charge is 0.375 e. The van der Waals surface area contributed by atoms with E-state index in [0.717, 1.165) is 23.3 Å². The molecule has 5 nitrogen and oxygen atoms in total. The highest BCUT2D eigenvalue weighted by atomic mass is 32.1. The molecule has 20 heavy (non-hydrogen) atoms.